The normalized spacial score (nSPS) is 30.9. The van der Waals surface area contributed by atoms with Crippen molar-refractivity contribution in [3.05, 3.63) is 0 Å². The Kier molecular flexibility index (Phi) is 6.04. The minimum absolute atomic E-state index is 0.144. The molecule has 4 unspecified atom stereocenters. The van der Waals surface area contributed by atoms with Crippen LogP contribution in [0.3, 0.4) is 0 Å². The Bertz CT molecular complexity index is 288. The zero-order valence-corrected chi connectivity index (χ0v) is 14.4. The van der Waals surface area contributed by atoms with Gasteiger partial charge in [0, 0.05) is 18.3 Å². The molecule has 0 bridgehead atoms. The van der Waals surface area contributed by atoms with E-state index in [0.29, 0.717) is 12.2 Å². The van der Waals surface area contributed by atoms with Gasteiger partial charge in [-0.3, -0.25) is 0 Å². The van der Waals surface area contributed by atoms with Crippen LogP contribution in [0, 0.1) is 5.92 Å². The summed E-state index contributed by atoms with van der Waals surface area (Å²) >= 11 is 0. The molecule has 4 nitrogen and oxygen atoms in total. The average molecular weight is 301 g/mol. The topological polar surface area (TPSA) is 40.2 Å². The Hall–Kier alpha value is 0.0569. The molecule has 1 saturated carbocycles. The number of ether oxygens (including phenoxy) is 1. The van der Waals surface area contributed by atoms with Crippen molar-refractivity contribution in [3.8, 4) is 0 Å². The summed E-state index contributed by atoms with van der Waals surface area (Å²) in [5, 5.41) is 0. The van der Waals surface area contributed by atoms with E-state index in [2.05, 4.69) is 6.92 Å². The van der Waals surface area contributed by atoms with Crippen molar-refractivity contribution in [1.29, 1.82) is 0 Å². The van der Waals surface area contributed by atoms with Crippen molar-refractivity contribution in [2.75, 3.05) is 0 Å². The molecule has 0 spiro atoms. The van der Waals surface area contributed by atoms with Crippen LogP contribution in [0.15, 0.2) is 0 Å². The molecule has 2 rings (SSSR count). The summed E-state index contributed by atoms with van der Waals surface area (Å²) in [4.78, 5) is 0. The fourth-order valence-electron chi connectivity index (χ4n) is 2.85. The van der Waals surface area contributed by atoms with E-state index in [1.165, 1.54) is 19.3 Å². The summed E-state index contributed by atoms with van der Waals surface area (Å²) in [5.41, 5.74) is 0. The van der Waals surface area contributed by atoms with Crippen LogP contribution in [0.1, 0.15) is 60.3 Å². The quantitative estimate of drug-likeness (QED) is 0.510. The molecule has 117 valence electrons. The molecule has 1 saturated heterocycles. The molecule has 1 aliphatic carbocycles. The molecular weight excluding hydrogens is 272 g/mol. The van der Waals surface area contributed by atoms with Gasteiger partial charge in [-0.05, 0) is 66.2 Å². The van der Waals surface area contributed by atoms with Gasteiger partial charge in [0.15, 0.2) is 0 Å². The summed E-state index contributed by atoms with van der Waals surface area (Å²) in [6, 6.07) is 0. The fraction of sp³-hybridized carbons (Fsp3) is 1.00. The van der Waals surface area contributed by atoms with Crippen molar-refractivity contribution >= 4 is 9.53 Å². The maximum absolute atomic E-state index is 6.04. The standard InChI is InChI=1S/C15H29O4Si/c1-10(2)17-20(18-11(3)4)19-12(5)8-13-6-7-14-15(9-13)16-14/h10-15H,6-9H2,1-5H3. The van der Waals surface area contributed by atoms with Gasteiger partial charge in [0.25, 0.3) is 0 Å². The first-order chi connectivity index (χ1) is 9.44. The van der Waals surface area contributed by atoms with Gasteiger partial charge in [-0.2, -0.15) is 0 Å². The van der Waals surface area contributed by atoms with Crippen LogP contribution < -0.4 is 0 Å². The molecule has 0 N–H and O–H groups in total. The first kappa shape index (κ1) is 16.4. The predicted octanol–water partition coefficient (Wildman–Crippen LogP) is 3.18. The van der Waals surface area contributed by atoms with E-state index in [1.54, 1.807) is 0 Å². The van der Waals surface area contributed by atoms with Crippen molar-refractivity contribution in [2.45, 2.75) is 90.8 Å². The van der Waals surface area contributed by atoms with Gasteiger partial charge < -0.3 is 18.0 Å². The van der Waals surface area contributed by atoms with Gasteiger partial charge >= 0.3 is 9.53 Å². The van der Waals surface area contributed by atoms with Crippen LogP contribution in [0.25, 0.3) is 0 Å². The Labute approximate surface area is 125 Å². The van der Waals surface area contributed by atoms with E-state index in [4.69, 9.17) is 18.0 Å². The van der Waals surface area contributed by atoms with Crippen molar-refractivity contribution in [1.82, 2.24) is 0 Å². The Morgan fingerprint density at radius 1 is 0.950 bits per heavy atom. The zero-order valence-electron chi connectivity index (χ0n) is 13.4. The largest absolute Gasteiger partial charge is 0.578 e. The second-order valence-corrected chi connectivity index (χ2v) is 7.85. The third-order valence-corrected chi connectivity index (χ3v) is 5.66. The number of hydrogen-bond acceptors (Lipinski definition) is 4. The van der Waals surface area contributed by atoms with Crippen molar-refractivity contribution in [2.24, 2.45) is 5.92 Å². The number of fused-ring (bicyclic) bond motifs is 1. The molecule has 20 heavy (non-hydrogen) atoms. The molecule has 0 aromatic carbocycles. The minimum atomic E-state index is -1.63. The highest BCUT2D eigenvalue weighted by Crippen LogP contribution is 2.41. The summed E-state index contributed by atoms with van der Waals surface area (Å²) in [5.74, 6) is 0.732. The molecule has 1 aliphatic heterocycles. The first-order valence-corrected chi connectivity index (χ1v) is 9.19. The smallest absolute Gasteiger partial charge is 0.370 e. The van der Waals surface area contributed by atoms with E-state index in [9.17, 15) is 0 Å². The molecule has 1 heterocycles. The average Bonchev–Trinajstić information content (AvgIpc) is 3.04. The molecule has 2 aliphatic rings. The van der Waals surface area contributed by atoms with Gasteiger partial charge in [-0.15, -0.1) is 0 Å². The second kappa shape index (κ2) is 7.36. The lowest BCUT2D eigenvalue weighted by atomic mass is 9.86. The second-order valence-electron chi connectivity index (χ2n) is 6.64. The summed E-state index contributed by atoms with van der Waals surface area (Å²) in [6.07, 6.45) is 6.40. The molecule has 0 amide bonds. The minimum Gasteiger partial charge on any atom is -0.370 e. The van der Waals surface area contributed by atoms with Crippen LogP contribution in [0.4, 0.5) is 0 Å². The predicted molar refractivity (Wildman–Crippen MR) is 79.4 cm³/mol. The summed E-state index contributed by atoms with van der Waals surface area (Å²) in [6.45, 7) is 10.2. The van der Waals surface area contributed by atoms with Gasteiger partial charge in [0.1, 0.15) is 0 Å². The van der Waals surface area contributed by atoms with Crippen LogP contribution in [0.2, 0.25) is 0 Å². The molecule has 0 aromatic rings. The third kappa shape index (κ3) is 5.45. The number of rotatable bonds is 8. The molecule has 2 fully saturated rings. The first-order valence-electron chi connectivity index (χ1n) is 7.96. The van der Waals surface area contributed by atoms with E-state index in [1.807, 2.05) is 27.7 Å². The Morgan fingerprint density at radius 3 is 2.15 bits per heavy atom. The van der Waals surface area contributed by atoms with Gasteiger partial charge in [-0.25, -0.2) is 0 Å². The van der Waals surface area contributed by atoms with E-state index in [0.717, 1.165) is 12.3 Å². The molecule has 0 aromatic heterocycles. The zero-order chi connectivity index (χ0) is 14.7. The van der Waals surface area contributed by atoms with E-state index >= 15 is 0 Å². The van der Waals surface area contributed by atoms with Gasteiger partial charge in [0.2, 0.25) is 0 Å². The van der Waals surface area contributed by atoms with Crippen LogP contribution in [0.5, 0.6) is 0 Å². The molecule has 5 heteroatoms. The van der Waals surface area contributed by atoms with Crippen LogP contribution >= 0.6 is 0 Å². The van der Waals surface area contributed by atoms with Crippen LogP contribution in [-0.4, -0.2) is 40.0 Å². The Balaban J connectivity index is 1.73. The van der Waals surface area contributed by atoms with Crippen LogP contribution in [-0.2, 0) is 18.0 Å². The third-order valence-electron chi connectivity index (χ3n) is 3.74. The molecule has 4 atom stereocenters. The van der Waals surface area contributed by atoms with E-state index in [-0.39, 0.29) is 18.3 Å². The maximum Gasteiger partial charge on any atom is 0.578 e. The summed E-state index contributed by atoms with van der Waals surface area (Å²) in [7, 11) is -1.63. The highest BCUT2D eigenvalue weighted by atomic mass is 28.3. The van der Waals surface area contributed by atoms with Gasteiger partial charge in [-0.1, -0.05) is 0 Å². The number of hydrogen-bond donors (Lipinski definition) is 0. The highest BCUT2D eigenvalue weighted by molar-refractivity contribution is 6.36. The van der Waals surface area contributed by atoms with Gasteiger partial charge in [0.05, 0.1) is 12.2 Å². The lowest BCUT2D eigenvalue weighted by molar-refractivity contribution is 0.0213. The lowest BCUT2D eigenvalue weighted by Gasteiger charge is -2.26. The number of epoxide rings is 1. The van der Waals surface area contributed by atoms with Crippen molar-refractivity contribution < 1.29 is 18.0 Å². The van der Waals surface area contributed by atoms with E-state index < -0.39 is 9.53 Å². The Morgan fingerprint density at radius 2 is 1.60 bits per heavy atom. The lowest BCUT2D eigenvalue weighted by Crippen LogP contribution is -2.36. The SMILES string of the molecule is CC(C)O[Si](OC(C)C)OC(C)CC1CCC2OC2C1. The monoisotopic (exact) mass is 301 g/mol. The highest BCUT2D eigenvalue weighted by Gasteiger charge is 2.44. The maximum atomic E-state index is 6.04. The fourth-order valence-corrected chi connectivity index (χ4v) is 4.21. The summed E-state index contributed by atoms with van der Waals surface area (Å²) < 4.78 is 23.2. The van der Waals surface area contributed by atoms with Crippen molar-refractivity contribution in [3.63, 3.8) is 0 Å². The molecular formula is C15H29O4Si. The molecule has 1 radical (unpaired) electrons.